The molecule has 1 aromatic carbocycles. The molecule has 92 valence electrons. The third-order valence-corrected chi connectivity index (χ3v) is 3.63. The summed E-state index contributed by atoms with van der Waals surface area (Å²) in [4.78, 5) is 12.1. The van der Waals surface area contributed by atoms with Gasteiger partial charge in [-0.2, -0.15) is 0 Å². The summed E-state index contributed by atoms with van der Waals surface area (Å²) < 4.78 is 13.9. The molecule has 0 saturated carbocycles. The summed E-state index contributed by atoms with van der Waals surface area (Å²) in [5, 5.41) is 6.00. The van der Waals surface area contributed by atoms with Crippen LogP contribution in [0.2, 0.25) is 0 Å². The zero-order valence-corrected chi connectivity index (χ0v) is 10.1. The van der Waals surface area contributed by atoms with E-state index >= 15 is 0 Å². The Morgan fingerprint density at radius 3 is 2.65 bits per heavy atom. The Bertz CT molecular complexity index is 458. The van der Waals surface area contributed by atoms with Crippen molar-refractivity contribution >= 4 is 24.0 Å². The lowest BCUT2D eigenvalue weighted by Gasteiger charge is -2.32. The molecule has 17 heavy (non-hydrogen) atoms. The number of hydrogen-bond donors (Lipinski definition) is 2. The zero-order chi connectivity index (χ0) is 11.2. The van der Waals surface area contributed by atoms with Gasteiger partial charge in [0.2, 0.25) is 5.91 Å². The maximum absolute atomic E-state index is 13.9. The number of amides is 1. The fraction of sp³-hybridized carbons (Fsp3) is 0.417. The fourth-order valence-corrected chi connectivity index (χ4v) is 2.80. The number of carbonyl (C=O) groups excluding carboxylic acids is 1. The van der Waals surface area contributed by atoms with Crippen LogP contribution in [0.3, 0.4) is 0 Å². The molecule has 1 aromatic rings. The molecule has 3 rings (SSSR count). The van der Waals surface area contributed by atoms with Crippen LogP contribution in [-0.4, -0.2) is 19.0 Å². The molecular formula is C12H14ClFN2O. The lowest BCUT2D eigenvalue weighted by Crippen LogP contribution is -2.44. The van der Waals surface area contributed by atoms with Crippen LogP contribution in [0.4, 0.5) is 10.1 Å². The van der Waals surface area contributed by atoms with Gasteiger partial charge in [-0.25, -0.2) is 4.39 Å². The standard InChI is InChI=1S/C12H13FN2O.ClH/c13-8-2-1-3-9-10(8)12(11(16)15-9)4-6-14-7-5-12;/h1-3,14H,4-7H2,(H,15,16);1H. The highest BCUT2D eigenvalue weighted by Gasteiger charge is 2.48. The number of benzene rings is 1. The molecule has 1 amide bonds. The van der Waals surface area contributed by atoms with Crippen LogP contribution in [0, 0.1) is 5.82 Å². The highest BCUT2D eigenvalue weighted by molar-refractivity contribution is 6.06. The Hall–Kier alpha value is -1.13. The molecule has 1 fully saturated rings. The maximum Gasteiger partial charge on any atom is 0.235 e. The zero-order valence-electron chi connectivity index (χ0n) is 9.25. The predicted molar refractivity (Wildman–Crippen MR) is 66.1 cm³/mol. The number of anilines is 1. The molecule has 0 radical (unpaired) electrons. The number of hydrogen-bond acceptors (Lipinski definition) is 2. The molecule has 0 unspecified atom stereocenters. The van der Waals surface area contributed by atoms with Crippen LogP contribution in [0.1, 0.15) is 18.4 Å². The fourth-order valence-electron chi connectivity index (χ4n) is 2.80. The summed E-state index contributed by atoms with van der Waals surface area (Å²) in [6.07, 6.45) is 1.35. The van der Waals surface area contributed by atoms with E-state index in [1.807, 2.05) is 0 Å². The van der Waals surface area contributed by atoms with Gasteiger partial charge < -0.3 is 10.6 Å². The number of nitrogens with one attached hydrogen (secondary N) is 2. The van der Waals surface area contributed by atoms with E-state index in [0.29, 0.717) is 24.1 Å². The van der Waals surface area contributed by atoms with Crippen molar-refractivity contribution in [2.24, 2.45) is 0 Å². The van der Waals surface area contributed by atoms with Crippen molar-refractivity contribution in [3.63, 3.8) is 0 Å². The van der Waals surface area contributed by atoms with Crippen LogP contribution in [0.25, 0.3) is 0 Å². The minimum Gasteiger partial charge on any atom is -0.325 e. The average molecular weight is 257 g/mol. The van der Waals surface area contributed by atoms with Crippen molar-refractivity contribution in [3.8, 4) is 0 Å². The van der Waals surface area contributed by atoms with Crippen molar-refractivity contribution in [1.29, 1.82) is 0 Å². The first kappa shape index (κ1) is 12.3. The van der Waals surface area contributed by atoms with Crippen LogP contribution < -0.4 is 10.6 Å². The van der Waals surface area contributed by atoms with Gasteiger partial charge in [-0.1, -0.05) is 6.07 Å². The Morgan fingerprint density at radius 2 is 1.94 bits per heavy atom. The molecule has 2 heterocycles. The predicted octanol–water partition coefficient (Wildman–Crippen LogP) is 1.82. The summed E-state index contributed by atoms with van der Waals surface area (Å²) in [6, 6.07) is 4.84. The largest absolute Gasteiger partial charge is 0.325 e. The second-order valence-electron chi connectivity index (χ2n) is 4.45. The SMILES string of the molecule is Cl.O=C1Nc2cccc(F)c2C12CCNCC2. The number of rotatable bonds is 0. The summed E-state index contributed by atoms with van der Waals surface area (Å²) in [5.74, 6) is -0.313. The Morgan fingerprint density at radius 1 is 1.24 bits per heavy atom. The van der Waals surface area contributed by atoms with Crippen LogP contribution in [-0.2, 0) is 10.2 Å². The molecule has 0 aliphatic carbocycles. The summed E-state index contributed by atoms with van der Waals surface area (Å²) in [7, 11) is 0. The van der Waals surface area contributed by atoms with Gasteiger partial charge in [-0.05, 0) is 38.1 Å². The topological polar surface area (TPSA) is 41.1 Å². The molecule has 2 aliphatic heterocycles. The monoisotopic (exact) mass is 256 g/mol. The van der Waals surface area contributed by atoms with Crippen molar-refractivity contribution in [2.45, 2.75) is 18.3 Å². The molecular weight excluding hydrogens is 243 g/mol. The van der Waals surface area contributed by atoms with Crippen LogP contribution in [0.15, 0.2) is 18.2 Å². The number of fused-ring (bicyclic) bond motifs is 2. The molecule has 3 nitrogen and oxygen atoms in total. The third-order valence-electron chi connectivity index (χ3n) is 3.63. The first-order valence-corrected chi connectivity index (χ1v) is 5.55. The van der Waals surface area contributed by atoms with Gasteiger partial charge in [0.15, 0.2) is 0 Å². The first-order chi connectivity index (χ1) is 7.74. The minimum atomic E-state index is -0.633. The van der Waals surface area contributed by atoms with Gasteiger partial charge in [0.1, 0.15) is 5.82 Å². The van der Waals surface area contributed by atoms with E-state index in [0.717, 1.165) is 13.1 Å². The molecule has 5 heteroatoms. The van der Waals surface area contributed by atoms with Gasteiger partial charge in [0.05, 0.1) is 5.41 Å². The molecule has 2 N–H and O–H groups in total. The summed E-state index contributed by atoms with van der Waals surface area (Å²) in [6.45, 7) is 1.53. The second-order valence-corrected chi connectivity index (χ2v) is 4.45. The molecule has 2 aliphatic rings. The van der Waals surface area contributed by atoms with Crippen molar-refractivity contribution in [1.82, 2.24) is 5.32 Å². The normalized spacial score (nSPS) is 20.6. The average Bonchev–Trinajstić information content (AvgIpc) is 2.55. The van der Waals surface area contributed by atoms with E-state index in [1.54, 1.807) is 12.1 Å². The van der Waals surface area contributed by atoms with Gasteiger partial charge in [-0.3, -0.25) is 4.79 Å². The van der Waals surface area contributed by atoms with Gasteiger partial charge in [-0.15, -0.1) is 12.4 Å². The molecule has 0 atom stereocenters. The third kappa shape index (κ3) is 1.63. The van der Waals surface area contributed by atoms with Gasteiger partial charge in [0.25, 0.3) is 0 Å². The summed E-state index contributed by atoms with van der Waals surface area (Å²) >= 11 is 0. The molecule has 0 aromatic heterocycles. The highest BCUT2D eigenvalue weighted by atomic mass is 35.5. The number of piperidine rings is 1. The smallest absolute Gasteiger partial charge is 0.235 e. The van der Waals surface area contributed by atoms with E-state index in [1.165, 1.54) is 6.07 Å². The second kappa shape index (κ2) is 4.27. The first-order valence-electron chi connectivity index (χ1n) is 5.55. The van der Waals surface area contributed by atoms with Crippen molar-refractivity contribution in [2.75, 3.05) is 18.4 Å². The molecule has 1 saturated heterocycles. The van der Waals surface area contributed by atoms with E-state index in [4.69, 9.17) is 0 Å². The Labute approximate surface area is 105 Å². The lowest BCUT2D eigenvalue weighted by molar-refractivity contribution is -0.121. The highest BCUT2D eigenvalue weighted by Crippen LogP contribution is 2.44. The van der Waals surface area contributed by atoms with Crippen LogP contribution >= 0.6 is 12.4 Å². The Balaban J connectivity index is 0.00000108. The summed E-state index contributed by atoms with van der Waals surface area (Å²) in [5.41, 5.74) is 0.583. The lowest BCUT2D eigenvalue weighted by atomic mass is 9.74. The minimum absolute atomic E-state index is 0. The van der Waals surface area contributed by atoms with E-state index in [2.05, 4.69) is 10.6 Å². The van der Waals surface area contributed by atoms with E-state index < -0.39 is 5.41 Å². The van der Waals surface area contributed by atoms with Gasteiger partial charge in [0, 0.05) is 11.3 Å². The van der Waals surface area contributed by atoms with Gasteiger partial charge >= 0.3 is 0 Å². The van der Waals surface area contributed by atoms with Crippen molar-refractivity contribution < 1.29 is 9.18 Å². The van der Waals surface area contributed by atoms with Crippen molar-refractivity contribution in [3.05, 3.63) is 29.6 Å². The quantitative estimate of drug-likeness (QED) is 0.744. The Kier molecular flexibility index (Phi) is 3.10. The number of carbonyl (C=O) groups is 1. The molecule has 1 spiro atoms. The molecule has 0 bridgehead atoms. The van der Waals surface area contributed by atoms with Crippen LogP contribution in [0.5, 0.6) is 0 Å². The van der Waals surface area contributed by atoms with E-state index in [-0.39, 0.29) is 24.1 Å². The number of halogens is 2. The maximum atomic E-state index is 13.9. The van der Waals surface area contributed by atoms with E-state index in [9.17, 15) is 9.18 Å².